The van der Waals surface area contributed by atoms with Crippen molar-refractivity contribution in [2.75, 3.05) is 6.54 Å². The quantitative estimate of drug-likeness (QED) is 0.847. The molecule has 0 saturated heterocycles. The van der Waals surface area contributed by atoms with Crippen molar-refractivity contribution < 1.29 is 4.74 Å². The maximum Gasteiger partial charge on any atom is 0.130 e. The van der Waals surface area contributed by atoms with Crippen LogP contribution in [0.5, 0.6) is 5.75 Å². The SMILES string of the molecule is CCNC(C)c1ccc(OCc2cncn2CC)c(C)c1. The van der Waals surface area contributed by atoms with Crippen molar-refractivity contribution in [3.63, 3.8) is 0 Å². The summed E-state index contributed by atoms with van der Waals surface area (Å²) in [6.45, 7) is 10.9. The molecule has 0 fully saturated rings. The molecule has 0 aliphatic heterocycles. The lowest BCUT2D eigenvalue weighted by molar-refractivity contribution is 0.293. The maximum absolute atomic E-state index is 5.94. The molecule has 1 unspecified atom stereocenters. The number of ether oxygens (including phenoxy) is 1. The second-order valence-corrected chi connectivity index (χ2v) is 5.26. The number of rotatable bonds is 7. The van der Waals surface area contributed by atoms with Crippen molar-refractivity contribution >= 4 is 0 Å². The van der Waals surface area contributed by atoms with Crippen LogP contribution in [0, 0.1) is 6.92 Å². The topological polar surface area (TPSA) is 39.1 Å². The van der Waals surface area contributed by atoms with Crippen molar-refractivity contribution in [3.8, 4) is 5.75 Å². The monoisotopic (exact) mass is 287 g/mol. The maximum atomic E-state index is 5.94. The number of nitrogens with one attached hydrogen (secondary N) is 1. The average molecular weight is 287 g/mol. The van der Waals surface area contributed by atoms with Crippen LogP contribution in [0.3, 0.4) is 0 Å². The molecule has 2 rings (SSSR count). The highest BCUT2D eigenvalue weighted by molar-refractivity contribution is 5.37. The van der Waals surface area contributed by atoms with Crippen LogP contribution in [-0.2, 0) is 13.2 Å². The van der Waals surface area contributed by atoms with E-state index in [4.69, 9.17) is 4.74 Å². The highest BCUT2D eigenvalue weighted by Crippen LogP contribution is 2.23. The van der Waals surface area contributed by atoms with Crippen LogP contribution in [0.4, 0.5) is 0 Å². The van der Waals surface area contributed by atoms with Crippen LogP contribution in [0.25, 0.3) is 0 Å². The average Bonchev–Trinajstić information content (AvgIpc) is 2.93. The van der Waals surface area contributed by atoms with Gasteiger partial charge in [0.15, 0.2) is 0 Å². The van der Waals surface area contributed by atoms with Crippen molar-refractivity contribution in [3.05, 3.63) is 47.5 Å². The molecule has 21 heavy (non-hydrogen) atoms. The zero-order chi connectivity index (χ0) is 15.2. The third-order valence-electron chi connectivity index (χ3n) is 3.72. The van der Waals surface area contributed by atoms with E-state index >= 15 is 0 Å². The van der Waals surface area contributed by atoms with Gasteiger partial charge in [-0.3, -0.25) is 0 Å². The van der Waals surface area contributed by atoms with Gasteiger partial charge in [-0.05, 0) is 44.5 Å². The number of aromatic nitrogens is 2. The van der Waals surface area contributed by atoms with Gasteiger partial charge in [0.2, 0.25) is 0 Å². The highest BCUT2D eigenvalue weighted by atomic mass is 16.5. The van der Waals surface area contributed by atoms with Gasteiger partial charge in [-0.1, -0.05) is 19.1 Å². The second kappa shape index (κ2) is 7.27. The van der Waals surface area contributed by atoms with Crippen molar-refractivity contribution in [1.29, 1.82) is 0 Å². The van der Waals surface area contributed by atoms with Gasteiger partial charge < -0.3 is 14.6 Å². The number of aryl methyl sites for hydroxylation is 2. The second-order valence-electron chi connectivity index (χ2n) is 5.26. The molecule has 0 bridgehead atoms. The zero-order valence-electron chi connectivity index (χ0n) is 13.4. The Morgan fingerprint density at radius 2 is 2.14 bits per heavy atom. The molecule has 1 N–H and O–H groups in total. The third-order valence-corrected chi connectivity index (χ3v) is 3.72. The fourth-order valence-electron chi connectivity index (χ4n) is 2.43. The Morgan fingerprint density at radius 3 is 2.81 bits per heavy atom. The zero-order valence-corrected chi connectivity index (χ0v) is 13.4. The molecular formula is C17H25N3O. The van der Waals surface area contributed by atoms with E-state index in [0.29, 0.717) is 12.6 Å². The molecule has 0 spiro atoms. The molecular weight excluding hydrogens is 262 g/mol. The Bertz CT molecular complexity index is 577. The van der Waals surface area contributed by atoms with Gasteiger partial charge in [0.25, 0.3) is 0 Å². The van der Waals surface area contributed by atoms with Crippen LogP contribution in [0.15, 0.2) is 30.7 Å². The first-order valence-electron chi connectivity index (χ1n) is 7.61. The van der Waals surface area contributed by atoms with E-state index in [1.807, 2.05) is 12.5 Å². The third kappa shape index (κ3) is 3.85. The van der Waals surface area contributed by atoms with Crippen LogP contribution in [0.2, 0.25) is 0 Å². The standard InChI is InChI=1S/C17H25N3O/c1-5-19-14(4)15-7-8-17(13(3)9-15)21-11-16-10-18-12-20(16)6-2/h7-10,12,14,19H,5-6,11H2,1-4H3. The minimum absolute atomic E-state index is 0.365. The Balaban J connectivity index is 2.04. The van der Waals surface area contributed by atoms with Crippen LogP contribution >= 0.6 is 0 Å². The summed E-state index contributed by atoms with van der Waals surface area (Å²) in [5.41, 5.74) is 3.56. The number of nitrogens with zero attached hydrogens (tertiary/aromatic N) is 2. The predicted molar refractivity (Wildman–Crippen MR) is 85.5 cm³/mol. The largest absolute Gasteiger partial charge is 0.487 e. The van der Waals surface area contributed by atoms with E-state index in [1.54, 1.807) is 0 Å². The molecule has 0 radical (unpaired) electrons. The smallest absolute Gasteiger partial charge is 0.130 e. The van der Waals surface area contributed by atoms with Gasteiger partial charge in [-0.2, -0.15) is 0 Å². The molecule has 4 nitrogen and oxygen atoms in total. The minimum atomic E-state index is 0.365. The fourth-order valence-corrected chi connectivity index (χ4v) is 2.43. The van der Waals surface area contributed by atoms with Crippen LogP contribution in [0.1, 0.15) is 43.6 Å². The first-order valence-corrected chi connectivity index (χ1v) is 7.61. The number of imidazole rings is 1. The molecule has 4 heteroatoms. The summed E-state index contributed by atoms with van der Waals surface area (Å²) in [6, 6.07) is 6.75. The normalized spacial score (nSPS) is 12.4. The molecule has 1 aromatic heterocycles. The van der Waals surface area contributed by atoms with Crippen molar-refractivity contribution in [2.45, 2.75) is 46.9 Å². The summed E-state index contributed by atoms with van der Waals surface area (Å²) in [5, 5.41) is 3.43. The molecule has 0 aliphatic rings. The van der Waals surface area contributed by atoms with E-state index in [0.717, 1.165) is 24.5 Å². The molecule has 114 valence electrons. The van der Waals surface area contributed by atoms with Crippen LogP contribution in [-0.4, -0.2) is 16.1 Å². The van der Waals surface area contributed by atoms with E-state index in [-0.39, 0.29) is 0 Å². The summed E-state index contributed by atoms with van der Waals surface area (Å²) in [6.07, 6.45) is 3.70. The number of hydrogen-bond donors (Lipinski definition) is 1. The van der Waals surface area contributed by atoms with Crippen molar-refractivity contribution in [1.82, 2.24) is 14.9 Å². The van der Waals surface area contributed by atoms with E-state index in [9.17, 15) is 0 Å². The van der Waals surface area contributed by atoms with Gasteiger partial charge in [0, 0.05) is 12.6 Å². The van der Waals surface area contributed by atoms with E-state index in [2.05, 4.69) is 60.8 Å². The molecule has 0 saturated carbocycles. The number of hydrogen-bond acceptors (Lipinski definition) is 3. The van der Waals surface area contributed by atoms with E-state index < -0.39 is 0 Å². The first kappa shape index (κ1) is 15.6. The van der Waals surface area contributed by atoms with Gasteiger partial charge >= 0.3 is 0 Å². The Kier molecular flexibility index (Phi) is 5.39. The number of benzene rings is 1. The summed E-state index contributed by atoms with van der Waals surface area (Å²) >= 11 is 0. The molecule has 1 atom stereocenters. The fraction of sp³-hybridized carbons (Fsp3) is 0.471. The van der Waals surface area contributed by atoms with Gasteiger partial charge in [-0.25, -0.2) is 4.98 Å². The molecule has 0 amide bonds. The Morgan fingerprint density at radius 1 is 1.33 bits per heavy atom. The Labute approximate surface area is 127 Å². The summed E-state index contributed by atoms with van der Waals surface area (Å²) < 4.78 is 8.03. The highest BCUT2D eigenvalue weighted by Gasteiger charge is 2.08. The summed E-state index contributed by atoms with van der Waals surface area (Å²) in [4.78, 5) is 4.16. The van der Waals surface area contributed by atoms with Gasteiger partial charge in [0.05, 0.1) is 18.2 Å². The first-order chi connectivity index (χ1) is 10.2. The lowest BCUT2D eigenvalue weighted by Gasteiger charge is -2.16. The predicted octanol–water partition coefficient (Wildman–Crippen LogP) is 3.46. The lowest BCUT2D eigenvalue weighted by Crippen LogP contribution is -2.17. The summed E-state index contributed by atoms with van der Waals surface area (Å²) in [5.74, 6) is 0.936. The lowest BCUT2D eigenvalue weighted by atomic mass is 10.1. The molecule has 2 aromatic rings. The summed E-state index contributed by atoms with van der Waals surface area (Å²) in [7, 11) is 0. The van der Waals surface area contributed by atoms with E-state index in [1.165, 1.54) is 11.1 Å². The Hall–Kier alpha value is -1.81. The van der Waals surface area contributed by atoms with Gasteiger partial charge in [-0.15, -0.1) is 0 Å². The van der Waals surface area contributed by atoms with Crippen molar-refractivity contribution in [2.24, 2.45) is 0 Å². The van der Waals surface area contributed by atoms with Crippen LogP contribution < -0.4 is 10.1 Å². The minimum Gasteiger partial charge on any atom is -0.487 e. The molecule has 1 aromatic carbocycles. The molecule has 0 aliphatic carbocycles. The molecule has 1 heterocycles. The van der Waals surface area contributed by atoms with Gasteiger partial charge in [0.1, 0.15) is 12.4 Å².